The second kappa shape index (κ2) is 7.21. The Bertz CT molecular complexity index is 265. The zero-order valence-corrected chi connectivity index (χ0v) is 11.4. The molecule has 2 heterocycles. The second-order valence-corrected chi connectivity index (χ2v) is 5.79. The summed E-state index contributed by atoms with van der Waals surface area (Å²) < 4.78 is 10.6. The van der Waals surface area contributed by atoms with Crippen LogP contribution in [0.1, 0.15) is 19.3 Å². The average Bonchev–Trinajstić information content (AvgIpc) is 3.05. The summed E-state index contributed by atoms with van der Waals surface area (Å²) in [5, 5.41) is 8.72. The lowest BCUT2D eigenvalue weighted by Crippen LogP contribution is -2.45. The number of hydrogen-bond acceptors (Lipinski definition) is 5. The Morgan fingerprint density at radius 3 is 3.00 bits per heavy atom. The van der Waals surface area contributed by atoms with Crippen molar-refractivity contribution in [2.24, 2.45) is 0 Å². The molecule has 0 aromatic heterocycles. The van der Waals surface area contributed by atoms with E-state index in [4.69, 9.17) is 14.6 Å². The number of nitrogens with zero attached hydrogens (tertiary/aromatic N) is 1. The van der Waals surface area contributed by atoms with Gasteiger partial charge in [0.1, 0.15) is 6.61 Å². The van der Waals surface area contributed by atoms with E-state index in [1.54, 1.807) is 4.90 Å². The van der Waals surface area contributed by atoms with Crippen molar-refractivity contribution in [3.63, 3.8) is 0 Å². The summed E-state index contributed by atoms with van der Waals surface area (Å²) in [5.41, 5.74) is 0. The van der Waals surface area contributed by atoms with E-state index in [2.05, 4.69) is 0 Å². The fourth-order valence-electron chi connectivity index (χ4n) is 2.36. The number of carbonyl (C=O) groups excluding carboxylic acids is 1. The van der Waals surface area contributed by atoms with Crippen LogP contribution in [0, 0.1) is 0 Å². The van der Waals surface area contributed by atoms with Crippen LogP contribution in [0.5, 0.6) is 0 Å². The van der Waals surface area contributed by atoms with E-state index in [9.17, 15) is 4.79 Å². The molecule has 0 aromatic rings. The van der Waals surface area contributed by atoms with Crippen LogP contribution in [-0.2, 0) is 9.47 Å². The van der Waals surface area contributed by atoms with Gasteiger partial charge >= 0.3 is 6.09 Å². The molecule has 5 nitrogen and oxygen atoms in total. The highest BCUT2D eigenvalue weighted by Gasteiger charge is 2.31. The summed E-state index contributed by atoms with van der Waals surface area (Å²) in [7, 11) is 0. The van der Waals surface area contributed by atoms with Gasteiger partial charge in [-0.2, -0.15) is 11.8 Å². The van der Waals surface area contributed by atoms with Crippen molar-refractivity contribution in [3.05, 3.63) is 0 Å². The molecule has 2 aliphatic rings. The van der Waals surface area contributed by atoms with Gasteiger partial charge < -0.3 is 19.5 Å². The highest BCUT2D eigenvalue weighted by Crippen LogP contribution is 2.25. The van der Waals surface area contributed by atoms with E-state index in [-0.39, 0.29) is 31.5 Å². The third kappa shape index (κ3) is 3.76. The number of thioether (sulfide) groups is 1. The largest absolute Gasteiger partial charge is 0.447 e. The van der Waals surface area contributed by atoms with E-state index >= 15 is 0 Å². The first-order chi connectivity index (χ1) is 8.81. The van der Waals surface area contributed by atoms with Crippen LogP contribution < -0.4 is 0 Å². The van der Waals surface area contributed by atoms with Crippen molar-refractivity contribution in [3.8, 4) is 0 Å². The van der Waals surface area contributed by atoms with Gasteiger partial charge in [-0.15, -0.1) is 0 Å². The number of aliphatic hydroxyl groups is 1. The molecule has 2 fully saturated rings. The Morgan fingerprint density at radius 2 is 2.39 bits per heavy atom. The van der Waals surface area contributed by atoms with Crippen LogP contribution in [0.2, 0.25) is 0 Å². The van der Waals surface area contributed by atoms with E-state index in [0.29, 0.717) is 6.54 Å². The van der Waals surface area contributed by atoms with Gasteiger partial charge in [-0.1, -0.05) is 0 Å². The number of ether oxygens (including phenoxy) is 2. The van der Waals surface area contributed by atoms with Gasteiger partial charge in [-0.05, 0) is 25.0 Å². The maximum atomic E-state index is 12.0. The molecular weight excluding hydrogens is 254 g/mol. The standard InChI is InChI=1S/C12H21NO4S/c14-4-6-17-12(15)13(10-3-7-18-9-10)8-11-2-1-5-16-11/h10-11,14H,1-9H2. The smallest absolute Gasteiger partial charge is 0.410 e. The van der Waals surface area contributed by atoms with Crippen molar-refractivity contribution in [1.82, 2.24) is 4.90 Å². The minimum absolute atomic E-state index is 0.0702. The number of carbonyl (C=O) groups is 1. The summed E-state index contributed by atoms with van der Waals surface area (Å²) in [6.07, 6.45) is 2.95. The fraction of sp³-hybridized carbons (Fsp3) is 0.917. The van der Waals surface area contributed by atoms with E-state index in [1.165, 1.54) is 0 Å². The SMILES string of the molecule is O=C(OCCO)N(CC1CCCO1)C1CCSC1. The zero-order chi connectivity index (χ0) is 12.8. The molecule has 2 atom stereocenters. The first kappa shape index (κ1) is 14.0. The van der Waals surface area contributed by atoms with Crippen molar-refractivity contribution >= 4 is 17.9 Å². The van der Waals surface area contributed by atoms with E-state index in [0.717, 1.165) is 37.4 Å². The quantitative estimate of drug-likeness (QED) is 0.814. The second-order valence-electron chi connectivity index (χ2n) is 4.64. The molecular formula is C12H21NO4S. The topological polar surface area (TPSA) is 59.0 Å². The molecule has 0 radical (unpaired) electrons. The van der Waals surface area contributed by atoms with Crippen molar-refractivity contribution in [1.29, 1.82) is 0 Å². The van der Waals surface area contributed by atoms with Gasteiger partial charge in [0.2, 0.25) is 0 Å². The van der Waals surface area contributed by atoms with Crippen LogP contribution in [0.25, 0.3) is 0 Å². The third-order valence-corrected chi connectivity index (χ3v) is 4.47. The highest BCUT2D eigenvalue weighted by molar-refractivity contribution is 7.99. The maximum absolute atomic E-state index is 12.0. The first-order valence-electron chi connectivity index (χ1n) is 6.55. The predicted octanol–water partition coefficient (Wildman–Crippen LogP) is 1.10. The summed E-state index contributed by atoms with van der Waals surface area (Å²) >= 11 is 1.87. The molecule has 0 aliphatic carbocycles. The Labute approximate surface area is 112 Å². The number of amides is 1. The molecule has 2 saturated heterocycles. The van der Waals surface area contributed by atoms with Gasteiger partial charge in [0.25, 0.3) is 0 Å². The number of rotatable bonds is 5. The minimum Gasteiger partial charge on any atom is -0.447 e. The van der Waals surface area contributed by atoms with Gasteiger partial charge in [-0.25, -0.2) is 4.79 Å². The normalized spacial score (nSPS) is 27.4. The summed E-state index contributed by atoms with van der Waals surface area (Å²) in [4.78, 5) is 13.8. The number of aliphatic hydroxyl groups excluding tert-OH is 1. The molecule has 0 spiro atoms. The maximum Gasteiger partial charge on any atom is 0.410 e. The van der Waals surface area contributed by atoms with Crippen molar-refractivity contribution in [2.45, 2.75) is 31.4 Å². The van der Waals surface area contributed by atoms with Crippen LogP contribution in [0.4, 0.5) is 4.79 Å². The lowest BCUT2D eigenvalue weighted by Gasteiger charge is -2.29. The molecule has 2 aliphatic heterocycles. The Hall–Kier alpha value is -0.460. The van der Waals surface area contributed by atoms with Crippen LogP contribution >= 0.6 is 11.8 Å². The molecule has 2 rings (SSSR count). The van der Waals surface area contributed by atoms with Gasteiger partial charge in [-0.3, -0.25) is 0 Å². The molecule has 1 N–H and O–H groups in total. The Morgan fingerprint density at radius 1 is 1.50 bits per heavy atom. The zero-order valence-electron chi connectivity index (χ0n) is 10.5. The Kier molecular flexibility index (Phi) is 5.59. The molecule has 2 unspecified atom stereocenters. The first-order valence-corrected chi connectivity index (χ1v) is 7.70. The molecule has 18 heavy (non-hydrogen) atoms. The third-order valence-electron chi connectivity index (χ3n) is 3.32. The summed E-state index contributed by atoms with van der Waals surface area (Å²) in [6.45, 7) is 1.36. The monoisotopic (exact) mass is 275 g/mol. The van der Waals surface area contributed by atoms with E-state index < -0.39 is 0 Å². The molecule has 6 heteroatoms. The molecule has 0 bridgehead atoms. The fourth-order valence-corrected chi connectivity index (χ4v) is 3.59. The van der Waals surface area contributed by atoms with E-state index in [1.807, 2.05) is 11.8 Å². The average molecular weight is 275 g/mol. The molecule has 0 saturated carbocycles. The van der Waals surface area contributed by atoms with Crippen LogP contribution in [-0.4, -0.2) is 66.1 Å². The van der Waals surface area contributed by atoms with Crippen molar-refractivity contribution in [2.75, 3.05) is 37.9 Å². The van der Waals surface area contributed by atoms with Gasteiger partial charge in [0.15, 0.2) is 0 Å². The molecule has 1 amide bonds. The lowest BCUT2D eigenvalue weighted by molar-refractivity contribution is 0.0388. The van der Waals surface area contributed by atoms with Gasteiger partial charge in [0.05, 0.1) is 19.3 Å². The van der Waals surface area contributed by atoms with Crippen LogP contribution in [0.15, 0.2) is 0 Å². The molecule has 0 aromatic carbocycles. The van der Waals surface area contributed by atoms with Crippen LogP contribution in [0.3, 0.4) is 0 Å². The van der Waals surface area contributed by atoms with Crippen molar-refractivity contribution < 1.29 is 19.4 Å². The predicted molar refractivity (Wildman–Crippen MR) is 69.8 cm³/mol. The Balaban J connectivity index is 1.90. The minimum atomic E-state index is -0.313. The molecule has 104 valence electrons. The summed E-state index contributed by atoms with van der Waals surface area (Å²) in [6, 6.07) is 0.255. The lowest BCUT2D eigenvalue weighted by atomic mass is 10.2. The highest BCUT2D eigenvalue weighted by atomic mass is 32.2. The van der Waals surface area contributed by atoms with Gasteiger partial charge in [0, 0.05) is 18.4 Å². The number of hydrogen-bond donors (Lipinski definition) is 1. The summed E-state index contributed by atoms with van der Waals surface area (Å²) in [5.74, 6) is 2.07.